The number of hydrogen-bond donors (Lipinski definition) is 1. The summed E-state index contributed by atoms with van der Waals surface area (Å²) in [7, 11) is 0. The lowest BCUT2D eigenvalue weighted by molar-refractivity contribution is 0.0229. The van der Waals surface area contributed by atoms with Crippen molar-refractivity contribution in [1.82, 2.24) is 15.0 Å². The molecule has 0 bridgehead atoms. The molecule has 1 amide bonds. The van der Waals surface area contributed by atoms with Crippen LogP contribution in [-0.2, 0) is 18.0 Å². The summed E-state index contributed by atoms with van der Waals surface area (Å²) in [5.74, 6) is -1.68. The summed E-state index contributed by atoms with van der Waals surface area (Å²) in [5.41, 5.74) is 4.61. The number of carbonyl (C=O) groups is 1. The maximum Gasteiger partial charge on any atom is 0.293 e. The molecule has 0 saturated heterocycles. The molecule has 5 nitrogen and oxygen atoms in total. The van der Waals surface area contributed by atoms with Crippen LogP contribution in [0.3, 0.4) is 0 Å². The number of carbonyl (C=O) groups excluding carboxylic acids is 1. The molecule has 0 aliphatic carbocycles. The lowest BCUT2D eigenvalue weighted by Crippen LogP contribution is -2.24. The lowest BCUT2D eigenvalue weighted by atomic mass is 10.2. The molecule has 4 aromatic rings. The van der Waals surface area contributed by atoms with Crippen LogP contribution >= 0.6 is 0 Å². The van der Waals surface area contributed by atoms with Crippen LogP contribution in [0.15, 0.2) is 73.1 Å². The number of rotatable bonds is 6. The summed E-state index contributed by atoms with van der Waals surface area (Å²) in [4.78, 5) is 21.7. The number of halogens is 2. The van der Waals surface area contributed by atoms with Gasteiger partial charge in [0.15, 0.2) is 0 Å². The molecule has 146 valence electrons. The topological polar surface area (TPSA) is 56.1 Å². The minimum Gasteiger partial charge on any atom is -0.342 e. The second kappa shape index (κ2) is 8.20. The number of fused-ring (bicyclic) bond motifs is 1. The fourth-order valence-corrected chi connectivity index (χ4v) is 2.99. The lowest BCUT2D eigenvalue weighted by Gasteiger charge is -2.08. The summed E-state index contributed by atoms with van der Waals surface area (Å²) in [6.45, 7) is 0.470. The minimum atomic E-state index is -0.615. The molecular formula is C22H17F2N3O2. The van der Waals surface area contributed by atoms with Crippen molar-refractivity contribution in [3.8, 4) is 0 Å². The molecule has 0 atom stereocenters. The van der Waals surface area contributed by atoms with Crippen LogP contribution in [-0.4, -0.2) is 15.5 Å². The summed E-state index contributed by atoms with van der Waals surface area (Å²) in [6, 6.07) is 16.4. The average Bonchev–Trinajstić information content (AvgIpc) is 3.13. The number of hydrogen-bond acceptors (Lipinski definition) is 3. The van der Waals surface area contributed by atoms with Gasteiger partial charge in [-0.25, -0.2) is 19.2 Å². The number of pyridine rings is 1. The van der Waals surface area contributed by atoms with E-state index in [1.54, 1.807) is 29.1 Å². The zero-order valence-electron chi connectivity index (χ0n) is 15.3. The van der Waals surface area contributed by atoms with Crippen LogP contribution < -0.4 is 5.48 Å². The van der Waals surface area contributed by atoms with Gasteiger partial charge in [0, 0.05) is 23.2 Å². The van der Waals surface area contributed by atoms with Gasteiger partial charge in [-0.2, -0.15) is 0 Å². The Morgan fingerprint density at radius 3 is 2.69 bits per heavy atom. The van der Waals surface area contributed by atoms with Crippen LogP contribution in [0.4, 0.5) is 8.78 Å². The van der Waals surface area contributed by atoms with E-state index in [4.69, 9.17) is 4.84 Å². The highest BCUT2D eigenvalue weighted by atomic mass is 19.1. The number of aromatic nitrogens is 2. The van der Waals surface area contributed by atoms with E-state index in [-0.39, 0.29) is 18.8 Å². The molecule has 1 N–H and O–H groups in total. The molecule has 0 aliphatic heterocycles. The van der Waals surface area contributed by atoms with E-state index in [9.17, 15) is 13.6 Å². The third kappa shape index (κ3) is 4.30. The van der Waals surface area contributed by atoms with E-state index >= 15 is 0 Å². The Morgan fingerprint density at radius 2 is 1.90 bits per heavy atom. The normalized spacial score (nSPS) is 11.0. The first kappa shape index (κ1) is 18.8. The predicted molar refractivity (Wildman–Crippen MR) is 104 cm³/mol. The minimum absolute atomic E-state index is 0.205. The van der Waals surface area contributed by atoms with Crippen LogP contribution in [0.5, 0.6) is 0 Å². The van der Waals surface area contributed by atoms with Crippen LogP contribution in [0, 0.1) is 11.6 Å². The van der Waals surface area contributed by atoms with Crippen molar-refractivity contribution in [2.45, 2.75) is 13.2 Å². The van der Waals surface area contributed by atoms with Crippen LogP contribution in [0.1, 0.15) is 21.6 Å². The van der Waals surface area contributed by atoms with Crippen LogP contribution in [0.25, 0.3) is 10.9 Å². The SMILES string of the molecule is O=C(NOCc1ccccc1)c1cc2ccn(Cc3ccc(F)cc3F)c2cn1. The molecule has 2 heterocycles. The summed E-state index contributed by atoms with van der Waals surface area (Å²) >= 11 is 0. The van der Waals surface area contributed by atoms with E-state index in [2.05, 4.69) is 10.5 Å². The third-order valence-electron chi connectivity index (χ3n) is 4.49. The zero-order chi connectivity index (χ0) is 20.2. The Kier molecular flexibility index (Phi) is 5.31. The quantitative estimate of drug-likeness (QED) is 0.499. The first-order chi connectivity index (χ1) is 14.1. The standard InChI is InChI=1S/C22H17F2N3O2/c23-18-7-6-17(19(24)11-18)13-27-9-8-16-10-20(25-12-21(16)27)22(28)26-29-14-15-4-2-1-3-5-15/h1-12H,13-14H2,(H,26,28). The summed E-state index contributed by atoms with van der Waals surface area (Å²) in [6.07, 6.45) is 3.31. The Morgan fingerprint density at radius 1 is 1.07 bits per heavy atom. The van der Waals surface area contributed by atoms with Crippen molar-refractivity contribution in [2.75, 3.05) is 0 Å². The van der Waals surface area contributed by atoms with E-state index in [1.165, 1.54) is 12.1 Å². The van der Waals surface area contributed by atoms with Gasteiger partial charge in [-0.05, 0) is 23.8 Å². The van der Waals surface area contributed by atoms with Crippen LogP contribution in [0.2, 0.25) is 0 Å². The molecule has 7 heteroatoms. The van der Waals surface area contributed by atoms with Gasteiger partial charge < -0.3 is 4.57 Å². The highest BCUT2D eigenvalue weighted by Crippen LogP contribution is 2.19. The maximum absolute atomic E-state index is 13.9. The van der Waals surface area contributed by atoms with Crippen molar-refractivity contribution < 1.29 is 18.4 Å². The molecule has 2 aromatic carbocycles. The van der Waals surface area contributed by atoms with Gasteiger partial charge in [-0.1, -0.05) is 36.4 Å². The second-order valence-corrected chi connectivity index (χ2v) is 6.51. The van der Waals surface area contributed by atoms with Gasteiger partial charge in [0.2, 0.25) is 0 Å². The molecule has 29 heavy (non-hydrogen) atoms. The second-order valence-electron chi connectivity index (χ2n) is 6.51. The molecule has 0 unspecified atom stereocenters. The van der Waals surface area contributed by atoms with E-state index in [1.807, 2.05) is 30.3 Å². The van der Waals surface area contributed by atoms with Gasteiger partial charge in [0.1, 0.15) is 17.3 Å². The smallest absolute Gasteiger partial charge is 0.293 e. The Labute approximate surface area is 165 Å². The zero-order valence-corrected chi connectivity index (χ0v) is 15.3. The van der Waals surface area contributed by atoms with Gasteiger partial charge in [0.25, 0.3) is 5.91 Å². The molecule has 0 fully saturated rings. The van der Waals surface area contributed by atoms with Crippen molar-refractivity contribution in [2.24, 2.45) is 0 Å². The molecule has 2 aromatic heterocycles. The highest BCUT2D eigenvalue weighted by Gasteiger charge is 2.12. The fourth-order valence-electron chi connectivity index (χ4n) is 2.99. The number of nitrogens with zero attached hydrogens (tertiary/aromatic N) is 2. The summed E-state index contributed by atoms with van der Waals surface area (Å²) < 4.78 is 28.8. The fraction of sp³-hybridized carbons (Fsp3) is 0.0909. The molecule has 0 aliphatic rings. The van der Waals surface area contributed by atoms with E-state index in [0.29, 0.717) is 5.56 Å². The van der Waals surface area contributed by atoms with Gasteiger partial charge in [-0.15, -0.1) is 0 Å². The Bertz CT molecular complexity index is 1160. The van der Waals surface area contributed by atoms with Crippen molar-refractivity contribution in [3.05, 3.63) is 102 Å². The number of nitrogens with one attached hydrogen (secondary N) is 1. The van der Waals surface area contributed by atoms with Gasteiger partial charge in [0.05, 0.1) is 24.9 Å². The Balaban J connectivity index is 1.45. The van der Waals surface area contributed by atoms with Gasteiger partial charge in [-0.3, -0.25) is 9.63 Å². The first-order valence-corrected chi connectivity index (χ1v) is 8.95. The molecule has 0 saturated carbocycles. The number of benzene rings is 2. The molecule has 0 radical (unpaired) electrons. The molecule has 4 rings (SSSR count). The number of hydroxylamine groups is 1. The Hall–Kier alpha value is -3.58. The van der Waals surface area contributed by atoms with Crippen molar-refractivity contribution >= 4 is 16.8 Å². The number of amides is 1. The summed E-state index contributed by atoms with van der Waals surface area (Å²) in [5, 5.41) is 0.774. The molecular weight excluding hydrogens is 376 g/mol. The predicted octanol–water partition coefficient (Wildman–Crippen LogP) is 4.22. The highest BCUT2D eigenvalue weighted by molar-refractivity contribution is 5.95. The molecule has 0 spiro atoms. The van der Waals surface area contributed by atoms with E-state index < -0.39 is 17.5 Å². The largest absolute Gasteiger partial charge is 0.342 e. The third-order valence-corrected chi connectivity index (χ3v) is 4.49. The van der Waals surface area contributed by atoms with Gasteiger partial charge >= 0.3 is 0 Å². The van der Waals surface area contributed by atoms with Crippen molar-refractivity contribution in [3.63, 3.8) is 0 Å². The first-order valence-electron chi connectivity index (χ1n) is 8.95. The monoisotopic (exact) mass is 393 g/mol. The van der Waals surface area contributed by atoms with E-state index in [0.717, 1.165) is 22.5 Å². The van der Waals surface area contributed by atoms with Crippen molar-refractivity contribution in [1.29, 1.82) is 0 Å². The maximum atomic E-state index is 13.9. The average molecular weight is 393 g/mol.